The van der Waals surface area contributed by atoms with Gasteiger partial charge in [0.25, 0.3) is 0 Å². The highest BCUT2D eigenvalue weighted by Crippen LogP contribution is 2.50. The summed E-state index contributed by atoms with van der Waals surface area (Å²) >= 11 is 0. The average Bonchev–Trinajstić information content (AvgIpc) is 3.90. The van der Waals surface area contributed by atoms with Crippen LogP contribution < -0.4 is 16.4 Å². The zero-order valence-electron chi connectivity index (χ0n) is 30.8. The highest BCUT2D eigenvalue weighted by Gasteiger charge is 2.40. The molecule has 0 spiro atoms. The van der Waals surface area contributed by atoms with Crippen LogP contribution in [0.15, 0.2) is 160 Å². The van der Waals surface area contributed by atoms with Crippen LogP contribution in [-0.4, -0.2) is 11.3 Å². The van der Waals surface area contributed by atoms with Crippen LogP contribution in [0.1, 0.15) is 16.7 Å². The Morgan fingerprint density at radius 1 is 0.491 bits per heavy atom. The molecule has 11 aromatic rings. The third-order valence-electron chi connectivity index (χ3n) is 12.1. The van der Waals surface area contributed by atoms with Crippen LogP contribution in [-0.2, 0) is 0 Å². The van der Waals surface area contributed by atoms with E-state index >= 15 is 0 Å². The molecule has 12 rings (SSSR count). The maximum Gasteiger partial charge on any atom is 0.248 e. The molecular weight excluding hydrogens is 669 g/mol. The molecule has 0 bridgehead atoms. The molecule has 0 atom stereocenters. The highest BCUT2D eigenvalue weighted by molar-refractivity contribution is 6.99. The van der Waals surface area contributed by atoms with Gasteiger partial charge in [-0.3, -0.25) is 0 Å². The fraction of sp³-hybridized carbons (Fsp3) is 0.0588. The SMILES string of the molecule is Cc1cc(C)c(B2c3ccccc3-n3c4cc(-c5ccccc5)c5c6ccccc6oc5c4c4c5oc6ccccc6c5c(-c5ccccc5)c2c43)c(C)c1. The molecule has 3 aromatic heterocycles. The van der Waals surface area contributed by atoms with Gasteiger partial charge in [0.05, 0.1) is 21.8 Å². The molecule has 4 heteroatoms. The van der Waals surface area contributed by atoms with E-state index in [1.165, 1.54) is 55.4 Å². The normalized spacial score (nSPS) is 12.6. The van der Waals surface area contributed by atoms with E-state index < -0.39 is 0 Å². The largest absolute Gasteiger partial charge is 0.455 e. The summed E-state index contributed by atoms with van der Waals surface area (Å²) < 4.78 is 16.8. The summed E-state index contributed by atoms with van der Waals surface area (Å²) in [4.78, 5) is 0. The Bertz CT molecular complexity index is 3380. The fourth-order valence-corrected chi connectivity index (χ4v) is 10.2. The first-order valence-corrected chi connectivity index (χ1v) is 19.1. The molecule has 0 aliphatic carbocycles. The van der Waals surface area contributed by atoms with Gasteiger partial charge in [-0.25, -0.2) is 0 Å². The number of benzene rings is 8. The number of nitrogens with zero attached hydrogens (tertiary/aromatic N) is 1. The van der Waals surface area contributed by atoms with E-state index in [0.29, 0.717) is 0 Å². The van der Waals surface area contributed by atoms with Gasteiger partial charge < -0.3 is 13.4 Å². The zero-order valence-corrected chi connectivity index (χ0v) is 30.8. The van der Waals surface area contributed by atoms with Gasteiger partial charge in [0.1, 0.15) is 22.3 Å². The van der Waals surface area contributed by atoms with E-state index in [-0.39, 0.29) is 6.71 Å². The Kier molecular flexibility index (Phi) is 6.20. The van der Waals surface area contributed by atoms with Crippen LogP contribution in [0.25, 0.3) is 93.6 Å². The lowest BCUT2D eigenvalue weighted by Gasteiger charge is -2.31. The van der Waals surface area contributed by atoms with Crippen molar-refractivity contribution in [3.05, 3.63) is 168 Å². The smallest absolute Gasteiger partial charge is 0.248 e. The summed E-state index contributed by atoms with van der Waals surface area (Å²) in [7, 11) is 0. The molecule has 1 aliphatic rings. The lowest BCUT2D eigenvalue weighted by Crippen LogP contribution is -2.58. The van der Waals surface area contributed by atoms with Crippen LogP contribution >= 0.6 is 0 Å². The molecule has 8 aromatic carbocycles. The van der Waals surface area contributed by atoms with Crippen LogP contribution in [0.3, 0.4) is 0 Å². The number of aryl methyl sites for hydroxylation is 3. The van der Waals surface area contributed by atoms with Crippen LogP contribution in [0.4, 0.5) is 0 Å². The summed E-state index contributed by atoms with van der Waals surface area (Å²) in [5.41, 5.74) is 19.6. The minimum atomic E-state index is -0.0378. The van der Waals surface area contributed by atoms with E-state index in [1.807, 2.05) is 0 Å². The third kappa shape index (κ3) is 4.06. The van der Waals surface area contributed by atoms with Crippen molar-refractivity contribution in [3.63, 3.8) is 0 Å². The van der Waals surface area contributed by atoms with Crippen molar-refractivity contribution in [1.29, 1.82) is 0 Å². The van der Waals surface area contributed by atoms with E-state index in [9.17, 15) is 0 Å². The van der Waals surface area contributed by atoms with Gasteiger partial charge in [-0.1, -0.05) is 150 Å². The van der Waals surface area contributed by atoms with Crippen molar-refractivity contribution < 1.29 is 8.83 Å². The van der Waals surface area contributed by atoms with E-state index in [1.54, 1.807) is 0 Å². The fourth-order valence-electron chi connectivity index (χ4n) is 10.2. The van der Waals surface area contributed by atoms with Gasteiger partial charge in [-0.05, 0) is 78.2 Å². The van der Waals surface area contributed by atoms with Gasteiger partial charge in [-0.15, -0.1) is 0 Å². The van der Waals surface area contributed by atoms with Crippen molar-refractivity contribution in [2.75, 3.05) is 0 Å². The Morgan fingerprint density at radius 3 is 1.75 bits per heavy atom. The Balaban J connectivity index is 1.43. The van der Waals surface area contributed by atoms with Gasteiger partial charge in [-0.2, -0.15) is 0 Å². The summed E-state index contributed by atoms with van der Waals surface area (Å²) in [6.45, 7) is 6.75. The van der Waals surface area contributed by atoms with Crippen molar-refractivity contribution in [2.45, 2.75) is 20.8 Å². The second kappa shape index (κ2) is 11.1. The van der Waals surface area contributed by atoms with Gasteiger partial charge in [0.15, 0.2) is 0 Å². The molecule has 258 valence electrons. The molecule has 4 heterocycles. The quantitative estimate of drug-likeness (QED) is 0.172. The molecule has 0 radical (unpaired) electrons. The molecular formula is C51H34BNO2. The summed E-state index contributed by atoms with van der Waals surface area (Å²) in [6, 6.07) is 54.9. The predicted octanol–water partition coefficient (Wildman–Crippen LogP) is 11.7. The van der Waals surface area contributed by atoms with Gasteiger partial charge in [0.2, 0.25) is 6.71 Å². The number of aromatic nitrogens is 1. The number of furan rings is 2. The number of hydrogen-bond donors (Lipinski definition) is 0. The third-order valence-corrected chi connectivity index (χ3v) is 12.1. The molecule has 0 fully saturated rings. The average molecular weight is 704 g/mol. The first-order valence-electron chi connectivity index (χ1n) is 19.1. The zero-order chi connectivity index (χ0) is 36.5. The molecule has 0 saturated heterocycles. The lowest BCUT2D eigenvalue weighted by molar-refractivity contribution is 0.670. The molecule has 0 unspecified atom stereocenters. The second-order valence-corrected chi connectivity index (χ2v) is 15.3. The first-order chi connectivity index (χ1) is 27.1. The molecule has 0 saturated carbocycles. The van der Waals surface area contributed by atoms with Crippen LogP contribution in [0.5, 0.6) is 0 Å². The standard InChI is InChI=1S/C51H34BNO2/c1-29-26-30(2)47(31(3)27-29)52-37-22-12-13-23-38(37)53-39-28-36(32-16-6-4-7-17-32)43-34-20-10-14-24-40(34)54-50(43)45(39)46-49(53)48(52)42(33-18-8-5-9-19-33)44-35-21-11-15-25-41(35)55-51(44)46/h4-28H,1-3H3. The predicted molar refractivity (Wildman–Crippen MR) is 232 cm³/mol. The van der Waals surface area contributed by atoms with Crippen molar-refractivity contribution >= 4 is 88.8 Å². The van der Waals surface area contributed by atoms with E-state index in [2.05, 4.69) is 177 Å². The summed E-state index contributed by atoms with van der Waals surface area (Å²) in [5, 5.41) is 6.68. The molecule has 1 aliphatic heterocycles. The molecule has 55 heavy (non-hydrogen) atoms. The van der Waals surface area contributed by atoms with E-state index in [4.69, 9.17) is 8.83 Å². The Labute approximate surface area is 318 Å². The van der Waals surface area contributed by atoms with Crippen LogP contribution in [0.2, 0.25) is 0 Å². The van der Waals surface area contributed by atoms with Gasteiger partial charge in [0, 0.05) is 27.2 Å². The number of hydrogen-bond acceptors (Lipinski definition) is 2. The summed E-state index contributed by atoms with van der Waals surface area (Å²) in [6.07, 6.45) is 0. The maximum absolute atomic E-state index is 7.15. The molecule has 0 N–H and O–H groups in total. The number of para-hydroxylation sites is 3. The second-order valence-electron chi connectivity index (χ2n) is 15.3. The number of rotatable bonds is 3. The topological polar surface area (TPSA) is 31.2 Å². The monoisotopic (exact) mass is 703 g/mol. The molecule has 3 nitrogen and oxygen atoms in total. The Morgan fingerprint density at radius 2 is 1.05 bits per heavy atom. The maximum atomic E-state index is 7.15. The highest BCUT2D eigenvalue weighted by atomic mass is 16.3. The van der Waals surface area contributed by atoms with Gasteiger partial charge >= 0.3 is 0 Å². The minimum Gasteiger partial charge on any atom is -0.455 e. The minimum absolute atomic E-state index is 0.0378. The summed E-state index contributed by atoms with van der Waals surface area (Å²) in [5.74, 6) is 0. The number of fused-ring (bicyclic) bond motifs is 13. The van der Waals surface area contributed by atoms with Crippen molar-refractivity contribution in [2.24, 2.45) is 0 Å². The first kappa shape index (κ1) is 30.7. The Hall–Kier alpha value is -6.78. The molecule has 0 amide bonds. The van der Waals surface area contributed by atoms with Crippen LogP contribution in [0, 0.1) is 20.8 Å². The lowest BCUT2D eigenvalue weighted by atomic mass is 9.33. The van der Waals surface area contributed by atoms with E-state index in [0.717, 1.165) is 71.3 Å². The van der Waals surface area contributed by atoms with Crippen molar-refractivity contribution in [1.82, 2.24) is 4.57 Å². The van der Waals surface area contributed by atoms with Crippen molar-refractivity contribution in [3.8, 4) is 27.9 Å².